The maximum absolute atomic E-state index is 12.9. The highest BCUT2D eigenvalue weighted by Gasteiger charge is 2.39. The zero-order valence-corrected chi connectivity index (χ0v) is 16.9. The molecule has 4 rings (SSSR count). The maximum Gasteiger partial charge on any atom is 0.243 e. The van der Waals surface area contributed by atoms with Crippen LogP contribution in [0.2, 0.25) is 0 Å². The van der Waals surface area contributed by atoms with Crippen LogP contribution in [0.1, 0.15) is 18.4 Å². The second-order valence-corrected chi connectivity index (χ2v) is 9.16. The molecule has 1 saturated heterocycles. The van der Waals surface area contributed by atoms with Crippen LogP contribution in [-0.4, -0.2) is 37.8 Å². The van der Waals surface area contributed by atoms with Crippen LogP contribution in [0.3, 0.4) is 0 Å². The van der Waals surface area contributed by atoms with Crippen LogP contribution < -0.4 is 5.32 Å². The van der Waals surface area contributed by atoms with E-state index in [0.29, 0.717) is 32.4 Å². The van der Waals surface area contributed by atoms with E-state index in [1.54, 1.807) is 30.3 Å². The first kappa shape index (κ1) is 19.6. The van der Waals surface area contributed by atoms with Crippen molar-refractivity contribution in [1.82, 2.24) is 9.62 Å². The number of nitrogens with zero attached hydrogens (tertiary/aromatic N) is 1. The first-order chi connectivity index (χ1) is 14.1. The standard InChI is InChI=1S/C23H24N2O3S/c26-23(24-16-15-19-10-6-9-18-8-4-5-13-21(18)19)22-14-7-17-25(22)29(27,28)20-11-2-1-3-12-20/h1-6,8-13,22H,7,14-17H2,(H,24,26). The highest BCUT2D eigenvalue weighted by atomic mass is 32.2. The van der Waals surface area contributed by atoms with Crippen molar-refractivity contribution in [3.8, 4) is 0 Å². The number of nitrogens with one attached hydrogen (secondary N) is 1. The average molecular weight is 409 g/mol. The molecule has 1 aliphatic heterocycles. The summed E-state index contributed by atoms with van der Waals surface area (Å²) in [5.41, 5.74) is 1.17. The minimum absolute atomic E-state index is 0.220. The molecule has 0 radical (unpaired) electrons. The van der Waals surface area contributed by atoms with E-state index in [1.165, 1.54) is 20.6 Å². The van der Waals surface area contributed by atoms with Gasteiger partial charge in [0.25, 0.3) is 0 Å². The maximum atomic E-state index is 12.9. The fourth-order valence-corrected chi connectivity index (χ4v) is 5.64. The van der Waals surface area contributed by atoms with Crippen molar-refractivity contribution in [2.75, 3.05) is 13.1 Å². The Morgan fingerprint density at radius 2 is 1.69 bits per heavy atom. The molecule has 0 bridgehead atoms. The van der Waals surface area contributed by atoms with Crippen LogP contribution in [0.4, 0.5) is 0 Å². The van der Waals surface area contributed by atoms with Crippen LogP contribution in [-0.2, 0) is 21.2 Å². The van der Waals surface area contributed by atoms with Crippen molar-refractivity contribution in [2.45, 2.75) is 30.2 Å². The lowest BCUT2D eigenvalue weighted by Gasteiger charge is -2.23. The molecule has 1 N–H and O–H groups in total. The van der Waals surface area contributed by atoms with E-state index in [-0.39, 0.29) is 10.8 Å². The SMILES string of the molecule is O=C(NCCc1cccc2ccccc12)C1CCCN1S(=O)(=O)c1ccccc1. The number of benzene rings is 3. The molecule has 29 heavy (non-hydrogen) atoms. The van der Waals surface area contributed by atoms with Crippen molar-refractivity contribution in [3.05, 3.63) is 78.4 Å². The molecule has 5 nitrogen and oxygen atoms in total. The number of hydrogen-bond acceptors (Lipinski definition) is 3. The number of amides is 1. The Morgan fingerprint density at radius 3 is 2.52 bits per heavy atom. The van der Waals surface area contributed by atoms with E-state index in [4.69, 9.17) is 0 Å². The number of carbonyl (C=O) groups excluding carboxylic acids is 1. The van der Waals surface area contributed by atoms with E-state index in [0.717, 1.165) is 0 Å². The molecule has 0 aliphatic carbocycles. The molecule has 1 unspecified atom stereocenters. The van der Waals surface area contributed by atoms with Gasteiger partial charge in [0.05, 0.1) is 4.90 Å². The molecule has 6 heteroatoms. The fraction of sp³-hybridized carbons (Fsp3) is 0.261. The number of hydrogen-bond donors (Lipinski definition) is 1. The number of rotatable bonds is 6. The largest absolute Gasteiger partial charge is 0.354 e. The third kappa shape index (κ3) is 4.04. The Balaban J connectivity index is 1.43. The van der Waals surface area contributed by atoms with Gasteiger partial charge in [0, 0.05) is 13.1 Å². The van der Waals surface area contributed by atoms with E-state index in [2.05, 4.69) is 29.6 Å². The minimum Gasteiger partial charge on any atom is -0.354 e. The molecule has 3 aromatic carbocycles. The summed E-state index contributed by atoms with van der Waals surface area (Å²) in [6.07, 6.45) is 1.94. The summed E-state index contributed by atoms with van der Waals surface area (Å²) in [5, 5.41) is 5.30. The summed E-state index contributed by atoms with van der Waals surface area (Å²) in [5.74, 6) is -0.220. The van der Waals surface area contributed by atoms with Gasteiger partial charge in [-0.2, -0.15) is 4.31 Å². The van der Waals surface area contributed by atoms with Crippen molar-refractivity contribution in [1.29, 1.82) is 0 Å². The normalized spacial score (nSPS) is 17.4. The van der Waals surface area contributed by atoms with E-state index in [1.807, 2.05) is 18.2 Å². The lowest BCUT2D eigenvalue weighted by atomic mass is 10.0. The summed E-state index contributed by atoms with van der Waals surface area (Å²) in [6.45, 7) is 0.848. The second-order valence-electron chi connectivity index (χ2n) is 7.27. The Bertz CT molecular complexity index is 1110. The topological polar surface area (TPSA) is 66.5 Å². The van der Waals surface area contributed by atoms with Gasteiger partial charge < -0.3 is 5.32 Å². The molecule has 0 spiro atoms. The van der Waals surface area contributed by atoms with Crippen molar-refractivity contribution in [3.63, 3.8) is 0 Å². The van der Waals surface area contributed by atoms with Crippen molar-refractivity contribution < 1.29 is 13.2 Å². The second kappa shape index (κ2) is 8.35. The molecule has 3 aromatic rings. The monoisotopic (exact) mass is 408 g/mol. The number of fused-ring (bicyclic) bond motifs is 1. The quantitative estimate of drug-likeness (QED) is 0.680. The highest BCUT2D eigenvalue weighted by molar-refractivity contribution is 7.89. The molecule has 1 amide bonds. The van der Waals surface area contributed by atoms with Crippen LogP contribution in [0.15, 0.2) is 77.7 Å². The Kier molecular flexibility index (Phi) is 5.65. The van der Waals surface area contributed by atoms with Crippen LogP contribution in [0, 0.1) is 0 Å². The molecular formula is C23H24N2O3S. The third-order valence-electron chi connectivity index (χ3n) is 5.43. The van der Waals surface area contributed by atoms with Crippen molar-refractivity contribution >= 4 is 26.7 Å². The van der Waals surface area contributed by atoms with Crippen LogP contribution >= 0.6 is 0 Å². The summed E-state index contributed by atoms with van der Waals surface area (Å²) in [7, 11) is -3.67. The van der Waals surface area contributed by atoms with Gasteiger partial charge in [-0.25, -0.2) is 8.42 Å². The zero-order chi connectivity index (χ0) is 20.3. The van der Waals surface area contributed by atoms with Gasteiger partial charge in [0.2, 0.25) is 15.9 Å². The summed E-state index contributed by atoms with van der Waals surface area (Å²) < 4.78 is 27.2. The predicted molar refractivity (Wildman–Crippen MR) is 114 cm³/mol. The van der Waals surface area contributed by atoms with Gasteiger partial charge in [-0.05, 0) is 47.7 Å². The van der Waals surface area contributed by atoms with Gasteiger partial charge in [0.15, 0.2) is 0 Å². The highest BCUT2D eigenvalue weighted by Crippen LogP contribution is 2.26. The molecule has 0 aromatic heterocycles. The smallest absolute Gasteiger partial charge is 0.243 e. The Morgan fingerprint density at radius 1 is 0.966 bits per heavy atom. The first-order valence-corrected chi connectivity index (χ1v) is 11.3. The van der Waals surface area contributed by atoms with E-state index in [9.17, 15) is 13.2 Å². The zero-order valence-electron chi connectivity index (χ0n) is 16.1. The van der Waals surface area contributed by atoms with E-state index < -0.39 is 16.1 Å². The summed E-state index contributed by atoms with van der Waals surface area (Å²) >= 11 is 0. The van der Waals surface area contributed by atoms with Crippen LogP contribution in [0.5, 0.6) is 0 Å². The minimum atomic E-state index is -3.67. The fourth-order valence-electron chi connectivity index (χ4n) is 3.97. The van der Waals surface area contributed by atoms with Gasteiger partial charge in [-0.3, -0.25) is 4.79 Å². The van der Waals surface area contributed by atoms with Gasteiger partial charge in [-0.15, -0.1) is 0 Å². The molecular weight excluding hydrogens is 384 g/mol. The van der Waals surface area contributed by atoms with Gasteiger partial charge in [0.1, 0.15) is 6.04 Å². The molecule has 1 heterocycles. The lowest BCUT2D eigenvalue weighted by Crippen LogP contribution is -2.46. The van der Waals surface area contributed by atoms with Gasteiger partial charge >= 0.3 is 0 Å². The number of sulfonamides is 1. The van der Waals surface area contributed by atoms with E-state index >= 15 is 0 Å². The molecule has 1 aliphatic rings. The predicted octanol–water partition coefficient (Wildman–Crippen LogP) is 3.35. The Labute approximate surface area is 171 Å². The molecule has 1 fully saturated rings. The molecule has 150 valence electrons. The summed E-state index contributed by atoms with van der Waals surface area (Å²) in [4.78, 5) is 13.0. The average Bonchev–Trinajstić information content (AvgIpc) is 3.25. The molecule has 0 saturated carbocycles. The number of carbonyl (C=O) groups is 1. The third-order valence-corrected chi connectivity index (χ3v) is 7.35. The molecule has 1 atom stereocenters. The Hall–Kier alpha value is -2.70. The summed E-state index contributed by atoms with van der Waals surface area (Å²) in [6, 6.07) is 22.0. The van der Waals surface area contributed by atoms with Gasteiger partial charge in [-0.1, -0.05) is 60.7 Å². The lowest BCUT2D eigenvalue weighted by molar-refractivity contribution is -0.124. The first-order valence-electron chi connectivity index (χ1n) is 9.88. The van der Waals surface area contributed by atoms with Crippen LogP contribution in [0.25, 0.3) is 10.8 Å². The van der Waals surface area contributed by atoms with Crippen molar-refractivity contribution in [2.24, 2.45) is 0 Å².